The fraction of sp³-hybridized carbons (Fsp3) is 1.00. The van der Waals surface area contributed by atoms with Gasteiger partial charge < -0.3 is 14.8 Å². The molecule has 0 amide bonds. The van der Waals surface area contributed by atoms with Gasteiger partial charge in [0.2, 0.25) is 0 Å². The molecule has 1 N–H and O–H groups in total. The monoisotopic (exact) mass is 243 g/mol. The van der Waals surface area contributed by atoms with Crippen LogP contribution in [0.3, 0.4) is 0 Å². The van der Waals surface area contributed by atoms with Gasteiger partial charge in [0.1, 0.15) is 0 Å². The molecule has 102 valence electrons. The molecule has 1 rings (SSSR count). The molecule has 0 aliphatic heterocycles. The Bertz CT molecular complexity index is 197. The molecule has 1 fully saturated rings. The minimum absolute atomic E-state index is 0.266. The van der Waals surface area contributed by atoms with Gasteiger partial charge in [0.15, 0.2) is 0 Å². The van der Waals surface area contributed by atoms with Crippen LogP contribution in [0.15, 0.2) is 0 Å². The van der Waals surface area contributed by atoms with Gasteiger partial charge >= 0.3 is 0 Å². The van der Waals surface area contributed by atoms with Crippen LogP contribution in [0, 0.1) is 5.92 Å². The van der Waals surface area contributed by atoms with Gasteiger partial charge in [0, 0.05) is 19.3 Å². The summed E-state index contributed by atoms with van der Waals surface area (Å²) in [6, 6.07) is 0.496. The van der Waals surface area contributed by atoms with E-state index >= 15 is 0 Å². The summed E-state index contributed by atoms with van der Waals surface area (Å²) < 4.78 is 11.8. The Morgan fingerprint density at radius 3 is 2.53 bits per heavy atom. The van der Waals surface area contributed by atoms with Crippen molar-refractivity contribution < 1.29 is 9.47 Å². The Hall–Kier alpha value is -0.120. The first kappa shape index (κ1) is 14.9. The fourth-order valence-corrected chi connectivity index (χ4v) is 2.14. The van der Waals surface area contributed by atoms with E-state index < -0.39 is 0 Å². The zero-order valence-electron chi connectivity index (χ0n) is 11.9. The van der Waals surface area contributed by atoms with Crippen LogP contribution in [0.4, 0.5) is 0 Å². The molecular formula is C14H29NO2. The molecule has 0 heterocycles. The maximum Gasteiger partial charge on any atom is 0.0990 e. The standard InChI is InChI=1S/C14H29NO2/c1-5-8-17-14-12(15-6-2)10-13(14)16-9-7-11(3)4/h11-15H,5-10H2,1-4H3. The van der Waals surface area contributed by atoms with Gasteiger partial charge in [-0.3, -0.25) is 0 Å². The Morgan fingerprint density at radius 1 is 1.18 bits per heavy atom. The van der Waals surface area contributed by atoms with Crippen LogP contribution in [-0.2, 0) is 9.47 Å². The first-order chi connectivity index (χ1) is 8.19. The molecule has 0 radical (unpaired) electrons. The number of ether oxygens (including phenoxy) is 2. The molecular weight excluding hydrogens is 214 g/mol. The fourth-order valence-electron chi connectivity index (χ4n) is 2.14. The summed E-state index contributed by atoms with van der Waals surface area (Å²) in [6.45, 7) is 11.5. The van der Waals surface area contributed by atoms with Gasteiger partial charge in [-0.2, -0.15) is 0 Å². The second-order valence-electron chi connectivity index (χ2n) is 5.33. The zero-order chi connectivity index (χ0) is 12.7. The van der Waals surface area contributed by atoms with Crippen LogP contribution < -0.4 is 5.32 Å². The lowest BCUT2D eigenvalue weighted by atomic mass is 9.85. The van der Waals surface area contributed by atoms with Crippen molar-refractivity contribution in [2.45, 2.75) is 65.2 Å². The van der Waals surface area contributed by atoms with Crippen molar-refractivity contribution in [3.63, 3.8) is 0 Å². The van der Waals surface area contributed by atoms with Crippen molar-refractivity contribution in [2.75, 3.05) is 19.8 Å². The average molecular weight is 243 g/mol. The maximum atomic E-state index is 5.91. The Balaban J connectivity index is 2.24. The highest BCUT2D eigenvalue weighted by atomic mass is 16.5. The third-order valence-corrected chi connectivity index (χ3v) is 3.26. The summed E-state index contributed by atoms with van der Waals surface area (Å²) in [5, 5.41) is 3.47. The molecule has 0 aromatic heterocycles. The van der Waals surface area contributed by atoms with E-state index in [4.69, 9.17) is 9.47 Å². The van der Waals surface area contributed by atoms with Crippen molar-refractivity contribution in [2.24, 2.45) is 5.92 Å². The van der Waals surface area contributed by atoms with Crippen LogP contribution in [-0.4, -0.2) is 38.0 Å². The minimum atomic E-state index is 0.266. The van der Waals surface area contributed by atoms with Gasteiger partial charge in [0.05, 0.1) is 12.2 Å². The average Bonchev–Trinajstić information content (AvgIpc) is 2.27. The van der Waals surface area contributed by atoms with Crippen LogP contribution >= 0.6 is 0 Å². The van der Waals surface area contributed by atoms with Crippen LogP contribution in [0.2, 0.25) is 0 Å². The van der Waals surface area contributed by atoms with E-state index in [-0.39, 0.29) is 6.10 Å². The van der Waals surface area contributed by atoms with E-state index in [1.807, 2.05) is 0 Å². The second kappa shape index (κ2) is 8.06. The van der Waals surface area contributed by atoms with Crippen LogP contribution in [0.5, 0.6) is 0 Å². The molecule has 3 unspecified atom stereocenters. The molecule has 1 aliphatic carbocycles. The minimum Gasteiger partial charge on any atom is -0.375 e. The smallest absolute Gasteiger partial charge is 0.0990 e. The van der Waals surface area contributed by atoms with E-state index in [1.54, 1.807) is 0 Å². The molecule has 0 aromatic rings. The lowest BCUT2D eigenvalue weighted by Crippen LogP contribution is -2.60. The quantitative estimate of drug-likeness (QED) is 0.675. The Kier molecular flexibility index (Phi) is 7.09. The van der Waals surface area contributed by atoms with Gasteiger partial charge in [-0.1, -0.05) is 27.7 Å². The number of likely N-dealkylation sites (N-methyl/N-ethyl adjacent to an activating group) is 1. The molecule has 0 bridgehead atoms. The van der Waals surface area contributed by atoms with Crippen molar-refractivity contribution in [3.8, 4) is 0 Å². The summed E-state index contributed by atoms with van der Waals surface area (Å²) in [5.74, 6) is 0.717. The number of hydrogen-bond acceptors (Lipinski definition) is 3. The lowest BCUT2D eigenvalue weighted by Gasteiger charge is -2.44. The third kappa shape index (κ3) is 4.94. The van der Waals surface area contributed by atoms with Crippen molar-refractivity contribution in [1.29, 1.82) is 0 Å². The summed E-state index contributed by atoms with van der Waals surface area (Å²) >= 11 is 0. The molecule has 1 saturated carbocycles. The predicted octanol–water partition coefficient (Wildman–Crippen LogP) is 2.59. The topological polar surface area (TPSA) is 30.5 Å². The highest BCUT2D eigenvalue weighted by Crippen LogP contribution is 2.28. The summed E-state index contributed by atoms with van der Waals surface area (Å²) in [7, 11) is 0. The number of nitrogens with one attached hydrogen (secondary N) is 1. The van der Waals surface area contributed by atoms with E-state index in [2.05, 4.69) is 33.0 Å². The molecule has 0 aromatic carbocycles. The SMILES string of the molecule is CCCOC1C(NCC)CC1OCCC(C)C. The summed E-state index contributed by atoms with van der Waals surface area (Å²) in [4.78, 5) is 0. The van der Waals surface area contributed by atoms with Gasteiger partial charge in [-0.05, 0) is 31.7 Å². The molecule has 3 heteroatoms. The van der Waals surface area contributed by atoms with Crippen molar-refractivity contribution >= 4 is 0 Å². The van der Waals surface area contributed by atoms with Crippen LogP contribution in [0.1, 0.15) is 47.0 Å². The largest absolute Gasteiger partial charge is 0.375 e. The maximum absolute atomic E-state index is 5.91. The summed E-state index contributed by atoms with van der Waals surface area (Å²) in [6.07, 6.45) is 3.89. The van der Waals surface area contributed by atoms with E-state index in [0.29, 0.717) is 12.1 Å². The highest BCUT2D eigenvalue weighted by molar-refractivity contribution is 4.97. The van der Waals surface area contributed by atoms with E-state index in [9.17, 15) is 0 Å². The molecule has 3 atom stereocenters. The first-order valence-corrected chi connectivity index (χ1v) is 7.15. The van der Waals surface area contributed by atoms with Gasteiger partial charge in [-0.15, -0.1) is 0 Å². The van der Waals surface area contributed by atoms with E-state index in [1.165, 1.54) is 0 Å². The molecule has 0 saturated heterocycles. The molecule has 3 nitrogen and oxygen atoms in total. The third-order valence-electron chi connectivity index (χ3n) is 3.26. The first-order valence-electron chi connectivity index (χ1n) is 7.15. The second-order valence-corrected chi connectivity index (χ2v) is 5.33. The normalized spacial score (nSPS) is 28.4. The van der Waals surface area contributed by atoms with Crippen molar-refractivity contribution in [3.05, 3.63) is 0 Å². The lowest BCUT2D eigenvalue weighted by molar-refractivity contribution is -0.148. The van der Waals surface area contributed by atoms with Crippen LogP contribution in [0.25, 0.3) is 0 Å². The van der Waals surface area contributed by atoms with E-state index in [0.717, 1.165) is 44.9 Å². The van der Waals surface area contributed by atoms with Gasteiger partial charge in [-0.25, -0.2) is 0 Å². The molecule has 17 heavy (non-hydrogen) atoms. The highest BCUT2D eigenvalue weighted by Gasteiger charge is 2.42. The summed E-state index contributed by atoms with van der Waals surface area (Å²) in [5.41, 5.74) is 0. The zero-order valence-corrected chi connectivity index (χ0v) is 11.9. The number of rotatable bonds is 9. The van der Waals surface area contributed by atoms with Gasteiger partial charge in [0.25, 0.3) is 0 Å². The number of hydrogen-bond donors (Lipinski definition) is 1. The Morgan fingerprint density at radius 2 is 1.94 bits per heavy atom. The predicted molar refractivity (Wildman–Crippen MR) is 71.3 cm³/mol. The Labute approximate surface area is 106 Å². The molecule has 1 aliphatic rings. The molecule has 0 spiro atoms. The van der Waals surface area contributed by atoms with Crippen molar-refractivity contribution in [1.82, 2.24) is 5.32 Å².